The van der Waals surface area contributed by atoms with Gasteiger partial charge >= 0.3 is 11.9 Å². The Hall–Kier alpha value is -3.96. The topological polar surface area (TPSA) is 174 Å². The standard InChI is InChI=1S/C29H31F2N3O9S3/c1-14(35)32-22(11-44)29(41)46-13-24(34-16(3)37)27(39)43-25-8-5-17(19-7-6-18(30)10-21(19)31)9-20(25)28(40)45-12-23(26(38)42-4)33-15(2)36/h5-10,22-24,44H,11-13H2,1-4H3,(H,32,35)(H,33,36)(H,34,37). The molecule has 2 rings (SSSR count). The van der Waals surface area contributed by atoms with Gasteiger partial charge < -0.3 is 25.4 Å². The normalized spacial score (nSPS) is 12.6. The quantitative estimate of drug-likeness (QED) is 0.129. The second-order valence-corrected chi connectivity index (χ2v) is 11.8. The summed E-state index contributed by atoms with van der Waals surface area (Å²) in [6, 6.07) is 2.93. The maximum Gasteiger partial charge on any atom is 0.334 e. The summed E-state index contributed by atoms with van der Waals surface area (Å²) >= 11 is 5.24. The highest BCUT2D eigenvalue weighted by Gasteiger charge is 2.29. The molecule has 46 heavy (non-hydrogen) atoms. The van der Waals surface area contributed by atoms with Crippen LogP contribution in [0.3, 0.4) is 0 Å². The third-order valence-electron chi connectivity index (χ3n) is 5.80. The molecule has 0 spiro atoms. The Morgan fingerprint density at radius 1 is 0.783 bits per heavy atom. The predicted molar refractivity (Wildman–Crippen MR) is 170 cm³/mol. The zero-order valence-corrected chi connectivity index (χ0v) is 27.5. The molecule has 0 saturated carbocycles. The minimum absolute atomic E-state index is 0.0242. The number of halogens is 2. The summed E-state index contributed by atoms with van der Waals surface area (Å²) in [5, 5.41) is 5.85. The number of rotatable bonds is 14. The largest absolute Gasteiger partial charge is 0.467 e. The highest BCUT2D eigenvalue weighted by Crippen LogP contribution is 2.32. The summed E-state index contributed by atoms with van der Waals surface area (Å²) in [6.45, 7) is 3.51. The fourth-order valence-electron chi connectivity index (χ4n) is 3.75. The molecule has 2 aromatic rings. The molecule has 0 radical (unpaired) electrons. The van der Waals surface area contributed by atoms with E-state index in [1.165, 1.54) is 25.1 Å². The lowest BCUT2D eigenvalue weighted by Crippen LogP contribution is -2.45. The molecule has 0 aliphatic heterocycles. The van der Waals surface area contributed by atoms with Gasteiger partial charge in [0, 0.05) is 49.7 Å². The highest BCUT2D eigenvalue weighted by molar-refractivity contribution is 8.14. The fraction of sp³-hybridized carbons (Fsp3) is 0.345. The number of methoxy groups -OCH3 is 1. The third-order valence-corrected chi connectivity index (χ3v) is 8.21. The molecule has 12 nitrogen and oxygen atoms in total. The summed E-state index contributed by atoms with van der Waals surface area (Å²) in [5.74, 6) is -6.27. The first-order valence-electron chi connectivity index (χ1n) is 13.3. The maximum atomic E-state index is 14.6. The van der Waals surface area contributed by atoms with Crippen LogP contribution in [0.2, 0.25) is 0 Å². The van der Waals surface area contributed by atoms with Gasteiger partial charge in [-0.05, 0) is 29.8 Å². The third kappa shape index (κ3) is 11.8. The number of hydrogen-bond donors (Lipinski definition) is 4. The smallest absolute Gasteiger partial charge is 0.334 e. The molecule has 3 N–H and O–H groups in total. The van der Waals surface area contributed by atoms with Crippen molar-refractivity contribution < 1.29 is 51.8 Å². The summed E-state index contributed by atoms with van der Waals surface area (Å²) in [5.41, 5.74) is -0.229. The molecule has 0 aromatic heterocycles. The monoisotopic (exact) mass is 699 g/mol. The number of esters is 2. The number of thiol groups is 1. The first-order chi connectivity index (χ1) is 21.7. The molecule has 0 aliphatic rings. The van der Waals surface area contributed by atoms with Gasteiger partial charge in [-0.25, -0.2) is 18.4 Å². The van der Waals surface area contributed by atoms with Crippen LogP contribution in [0.15, 0.2) is 36.4 Å². The highest BCUT2D eigenvalue weighted by atomic mass is 32.2. The van der Waals surface area contributed by atoms with Crippen LogP contribution in [-0.4, -0.2) is 82.4 Å². The Morgan fingerprint density at radius 2 is 1.35 bits per heavy atom. The van der Waals surface area contributed by atoms with Gasteiger partial charge in [-0.15, -0.1) is 0 Å². The van der Waals surface area contributed by atoms with Crippen LogP contribution < -0.4 is 20.7 Å². The zero-order valence-electron chi connectivity index (χ0n) is 25.0. The van der Waals surface area contributed by atoms with Crippen molar-refractivity contribution in [3.05, 3.63) is 53.6 Å². The van der Waals surface area contributed by atoms with Gasteiger partial charge in [0.15, 0.2) is 0 Å². The molecule has 3 amide bonds. The average Bonchev–Trinajstić information content (AvgIpc) is 2.99. The minimum Gasteiger partial charge on any atom is -0.467 e. The summed E-state index contributed by atoms with van der Waals surface area (Å²) < 4.78 is 38.3. The van der Waals surface area contributed by atoms with Crippen molar-refractivity contribution in [2.24, 2.45) is 0 Å². The van der Waals surface area contributed by atoms with Crippen molar-refractivity contribution in [1.82, 2.24) is 16.0 Å². The van der Waals surface area contributed by atoms with Gasteiger partial charge in [-0.1, -0.05) is 29.6 Å². The summed E-state index contributed by atoms with van der Waals surface area (Å²) in [4.78, 5) is 86.1. The Labute approximate surface area is 276 Å². The lowest BCUT2D eigenvalue weighted by molar-refractivity contribution is -0.144. The first-order valence-corrected chi connectivity index (χ1v) is 15.9. The van der Waals surface area contributed by atoms with Gasteiger partial charge in [-0.3, -0.25) is 24.0 Å². The van der Waals surface area contributed by atoms with Crippen LogP contribution in [0.25, 0.3) is 11.1 Å². The van der Waals surface area contributed by atoms with Crippen LogP contribution in [0.1, 0.15) is 31.1 Å². The fourth-order valence-corrected chi connectivity index (χ4v) is 5.87. The molecule has 0 heterocycles. The zero-order chi connectivity index (χ0) is 34.6. The molecule has 17 heteroatoms. The van der Waals surface area contributed by atoms with Crippen molar-refractivity contribution in [1.29, 1.82) is 0 Å². The van der Waals surface area contributed by atoms with E-state index >= 15 is 0 Å². The van der Waals surface area contributed by atoms with Crippen molar-refractivity contribution in [3.8, 4) is 16.9 Å². The Balaban J connectivity index is 2.43. The molecule has 248 valence electrons. The minimum atomic E-state index is -1.39. The van der Waals surface area contributed by atoms with Gasteiger partial charge in [0.1, 0.15) is 35.5 Å². The molecule has 0 fully saturated rings. The van der Waals surface area contributed by atoms with Crippen molar-refractivity contribution in [2.45, 2.75) is 38.9 Å². The summed E-state index contributed by atoms with van der Waals surface area (Å²) in [7, 11) is 1.09. The second kappa shape index (κ2) is 18.3. The molecule has 2 aromatic carbocycles. The van der Waals surface area contributed by atoms with Crippen LogP contribution >= 0.6 is 36.2 Å². The Morgan fingerprint density at radius 3 is 1.89 bits per heavy atom. The van der Waals surface area contributed by atoms with Gasteiger partial charge in [0.25, 0.3) is 0 Å². The van der Waals surface area contributed by atoms with E-state index in [2.05, 4.69) is 33.3 Å². The van der Waals surface area contributed by atoms with Crippen LogP contribution in [0, 0.1) is 11.6 Å². The molecular weight excluding hydrogens is 669 g/mol. The first kappa shape index (κ1) is 38.2. The van der Waals surface area contributed by atoms with Gasteiger partial charge in [0.2, 0.25) is 28.0 Å². The van der Waals surface area contributed by atoms with Crippen molar-refractivity contribution in [3.63, 3.8) is 0 Å². The number of thioether (sulfide) groups is 2. The predicted octanol–water partition coefficient (Wildman–Crippen LogP) is 2.29. The molecule has 0 bridgehead atoms. The van der Waals surface area contributed by atoms with E-state index in [1.54, 1.807) is 0 Å². The summed E-state index contributed by atoms with van der Waals surface area (Å²) in [6.07, 6.45) is 0. The van der Waals surface area contributed by atoms with Crippen molar-refractivity contribution in [2.75, 3.05) is 24.4 Å². The Kier molecular flexibility index (Phi) is 15.2. The number of carbonyl (C=O) groups excluding carboxylic acids is 7. The van der Waals surface area contributed by atoms with Gasteiger partial charge in [0.05, 0.1) is 12.7 Å². The number of nitrogens with one attached hydrogen (secondary N) is 3. The SMILES string of the molecule is COC(=O)C(CSC(=O)c1cc(-c2ccc(F)cc2F)ccc1OC(=O)C(CSC(=O)C(CS)NC(C)=O)NC(C)=O)NC(C)=O. The molecule has 0 saturated heterocycles. The Bertz CT molecular complexity index is 1510. The van der Waals surface area contributed by atoms with E-state index in [4.69, 9.17) is 4.74 Å². The van der Waals surface area contributed by atoms with E-state index in [0.29, 0.717) is 29.6 Å². The molecular formula is C29H31F2N3O9S3. The number of amides is 3. The van der Waals surface area contributed by atoms with E-state index in [1.807, 2.05) is 0 Å². The number of ether oxygens (including phenoxy) is 2. The van der Waals surface area contributed by atoms with Gasteiger partial charge in [-0.2, -0.15) is 12.6 Å². The second-order valence-electron chi connectivity index (χ2n) is 9.45. The number of hydrogen-bond acceptors (Lipinski definition) is 12. The molecule has 3 atom stereocenters. The van der Waals surface area contributed by atoms with E-state index in [-0.39, 0.29) is 39.7 Å². The van der Waals surface area contributed by atoms with Crippen LogP contribution in [0.5, 0.6) is 5.75 Å². The van der Waals surface area contributed by atoms with Crippen LogP contribution in [-0.2, 0) is 33.5 Å². The average molecular weight is 700 g/mol. The van der Waals surface area contributed by atoms with Crippen molar-refractivity contribution >= 4 is 76.0 Å². The number of carbonyl (C=O) groups is 7. The maximum absolute atomic E-state index is 14.6. The molecule has 0 aliphatic carbocycles. The number of benzene rings is 2. The van der Waals surface area contributed by atoms with Crippen LogP contribution in [0.4, 0.5) is 8.78 Å². The lowest BCUT2D eigenvalue weighted by atomic mass is 10.0. The lowest BCUT2D eigenvalue weighted by Gasteiger charge is -2.19. The molecule has 3 unspecified atom stereocenters. The van der Waals surface area contributed by atoms with E-state index < -0.39 is 69.7 Å². The van der Waals surface area contributed by atoms with E-state index in [9.17, 15) is 42.3 Å². The van der Waals surface area contributed by atoms with E-state index in [0.717, 1.165) is 33.1 Å².